The minimum Gasteiger partial charge on any atom is -0.352 e. The van der Waals surface area contributed by atoms with E-state index in [1.165, 1.54) is 30.3 Å². The van der Waals surface area contributed by atoms with Crippen molar-refractivity contribution < 1.29 is 26.4 Å². The van der Waals surface area contributed by atoms with Gasteiger partial charge in [-0.25, -0.2) is 16.8 Å². The Morgan fingerprint density at radius 3 is 1.97 bits per heavy atom. The zero-order valence-electron chi connectivity index (χ0n) is 21.4. The zero-order chi connectivity index (χ0) is 28.0. The van der Waals surface area contributed by atoms with E-state index >= 15 is 0 Å². The molecule has 0 unspecified atom stereocenters. The van der Waals surface area contributed by atoms with Crippen LogP contribution in [0.4, 0.5) is 5.69 Å². The van der Waals surface area contributed by atoms with E-state index in [1.54, 1.807) is 54.6 Å². The Morgan fingerprint density at radius 2 is 1.36 bits per heavy atom. The van der Waals surface area contributed by atoms with Gasteiger partial charge in [0.05, 0.1) is 21.0 Å². The molecule has 0 aromatic heterocycles. The summed E-state index contributed by atoms with van der Waals surface area (Å²) < 4.78 is 56.0. The number of carbonyl (C=O) groups excluding carboxylic acids is 2. The standard InChI is InChI=1S/C27H30N4O6S2/c1-2-17-28-26(32)23-15-9-10-16-24(23)29-27(33)25-20-30(38(34,35)21-11-5-3-6-12-21)18-19-31(25)39(36,37)22-13-7-4-8-14-22/h3-16,25H,2,17-20H2,1H3,(H,28,32)(H,29,33)/t25-/m1/s1. The maximum atomic E-state index is 13.7. The van der Waals surface area contributed by atoms with Crippen LogP contribution in [0, 0.1) is 0 Å². The largest absolute Gasteiger partial charge is 0.352 e. The van der Waals surface area contributed by atoms with E-state index in [-0.39, 0.29) is 34.1 Å². The first-order valence-electron chi connectivity index (χ1n) is 12.5. The molecule has 1 atom stereocenters. The fourth-order valence-electron chi connectivity index (χ4n) is 4.27. The highest BCUT2D eigenvalue weighted by molar-refractivity contribution is 7.89. The predicted molar refractivity (Wildman–Crippen MR) is 147 cm³/mol. The van der Waals surface area contributed by atoms with Crippen molar-refractivity contribution in [2.24, 2.45) is 0 Å². The van der Waals surface area contributed by atoms with Crippen LogP contribution < -0.4 is 10.6 Å². The molecular weight excluding hydrogens is 540 g/mol. The monoisotopic (exact) mass is 570 g/mol. The Hall–Kier alpha value is -3.58. The van der Waals surface area contributed by atoms with Crippen molar-refractivity contribution >= 4 is 37.5 Å². The molecule has 2 N–H and O–H groups in total. The number of anilines is 1. The summed E-state index contributed by atoms with van der Waals surface area (Å²) in [6.07, 6.45) is 0.723. The molecule has 4 rings (SSSR count). The van der Waals surface area contributed by atoms with Crippen molar-refractivity contribution in [2.45, 2.75) is 29.2 Å². The van der Waals surface area contributed by atoms with Gasteiger partial charge in [0.25, 0.3) is 5.91 Å². The van der Waals surface area contributed by atoms with E-state index in [0.29, 0.717) is 6.54 Å². The quantitative estimate of drug-likeness (QED) is 0.406. The van der Waals surface area contributed by atoms with Crippen molar-refractivity contribution in [1.29, 1.82) is 0 Å². The summed E-state index contributed by atoms with van der Waals surface area (Å²) in [4.78, 5) is 26.4. The second-order valence-electron chi connectivity index (χ2n) is 8.91. The van der Waals surface area contributed by atoms with Crippen LogP contribution in [0.1, 0.15) is 23.7 Å². The molecule has 0 radical (unpaired) electrons. The van der Waals surface area contributed by atoms with Crippen molar-refractivity contribution in [1.82, 2.24) is 13.9 Å². The third kappa shape index (κ3) is 6.19. The summed E-state index contributed by atoms with van der Waals surface area (Å²) >= 11 is 0. The molecule has 206 valence electrons. The number of hydrogen-bond donors (Lipinski definition) is 2. The lowest BCUT2D eigenvalue weighted by Gasteiger charge is -2.39. The Bertz CT molecular complexity index is 1530. The predicted octanol–water partition coefficient (Wildman–Crippen LogP) is 2.53. The number of nitrogens with zero attached hydrogens (tertiary/aromatic N) is 2. The Morgan fingerprint density at radius 1 is 0.795 bits per heavy atom. The average molecular weight is 571 g/mol. The van der Waals surface area contributed by atoms with Gasteiger partial charge in [-0.1, -0.05) is 55.5 Å². The van der Waals surface area contributed by atoms with Crippen LogP contribution in [0.25, 0.3) is 0 Å². The van der Waals surface area contributed by atoms with Crippen LogP contribution in [0.5, 0.6) is 0 Å². The molecule has 0 bridgehead atoms. The second kappa shape index (κ2) is 12.1. The molecule has 1 saturated heterocycles. The lowest BCUT2D eigenvalue weighted by atomic mass is 10.1. The number of carbonyl (C=O) groups is 2. The SMILES string of the molecule is CCCNC(=O)c1ccccc1NC(=O)[C@H]1CN(S(=O)(=O)c2ccccc2)CCN1S(=O)(=O)c1ccccc1. The highest BCUT2D eigenvalue weighted by Crippen LogP contribution is 2.26. The van der Waals surface area contributed by atoms with E-state index < -0.39 is 44.4 Å². The first-order chi connectivity index (χ1) is 18.7. The van der Waals surface area contributed by atoms with Gasteiger partial charge < -0.3 is 10.6 Å². The Labute approximate surface area is 228 Å². The molecule has 10 nitrogen and oxygen atoms in total. The van der Waals surface area contributed by atoms with Crippen LogP contribution in [0.15, 0.2) is 94.7 Å². The molecule has 39 heavy (non-hydrogen) atoms. The maximum absolute atomic E-state index is 13.7. The summed E-state index contributed by atoms with van der Waals surface area (Å²) in [6, 6.07) is 20.4. The fourth-order valence-corrected chi connectivity index (χ4v) is 7.32. The summed E-state index contributed by atoms with van der Waals surface area (Å²) in [6.45, 7) is 1.58. The first-order valence-corrected chi connectivity index (χ1v) is 15.3. The van der Waals surface area contributed by atoms with Crippen LogP contribution >= 0.6 is 0 Å². The van der Waals surface area contributed by atoms with Gasteiger partial charge in [0, 0.05) is 26.2 Å². The van der Waals surface area contributed by atoms with E-state index in [4.69, 9.17) is 0 Å². The van der Waals surface area contributed by atoms with E-state index in [0.717, 1.165) is 15.0 Å². The van der Waals surface area contributed by atoms with Gasteiger partial charge in [-0.05, 0) is 42.8 Å². The molecule has 1 fully saturated rings. The number of para-hydroxylation sites is 1. The van der Waals surface area contributed by atoms with Crippen LogP contribution in [0.2, 0.25) is 0 Å². The topological polar surface area (TPSA) is 133 Å². The van der Waals surface area contributed by atoms with Gasteiger partial charge in [0.1, 0.15) is 6.04 Å². The van der Waals surface area contributed by atoms with Gasteiger partial charge in [0.2, 0.25) is 26.0 Å². The van der Waals surface area contributed by atoms with Crippen molar-refractivity contribution in [3.63, 3.8) is 0 Å². The zero-order valence-corrected chi connectivity index (χ0v) is 23.0. The number of nitrogens with one attached hydrogen (secondary N) is 2. The summed E-state index contributed by atoms with van der Waals surface area (Å²) in [5.74, 6) is -1.14. The van der Waals surface area contributed by atoms with E-state index in [1.807, 2.05) is 6.92 Å². The van der Waals surface area contributed by atoms with Gasteiger partial charge in [-0.3, -0.25) is 9.59 Å². The molecule has 0 saturated carbocycles. The molecular formula is C27H30N4O6S2. The lowest BCUT2D eigenvalue weighted by Crippen LogP contribution is -2.60. The number of piperazine rings is 1. The molecule has 1 heterocycles. The molecule has 0 spiro atoms. The Kier molecular flexibility index (Phi) is 8.80. The normalized spacial score (nSPS) is 16.9. The van der Waals surface area contributed by atoms with Crippen LogP contribution in [-0.2, 0) is 24.8 Å². The number of amides is 2. The number of benzene rings is 3. The van der Waals surface area contributed by atoms with Crippen LogP contribution in [-0.4, -0.2) is 69.5 Å². The van der Waals surface area contributed by atoms with Crippen molar-refractivity contribution in [3.8, 4) is 0 Å². The highest BCUT2D eigenvalue weighted by atomic mass is 32.2. The van der Waals surface area contributed by atoms with Gasteiger partial charge in [-0.2, -0.15) is 8.61 Å². The molecule has 2 amide bonds. The van der Waals surface area contributed by atoms with E-state index in [2.05, 4.69) is 10.6 Å². The summed E-state index contributed by atoms with van der Waals surface area (Å²) in [7, 11) is -8.15. The first kappa shape index (κ1) is 28.4. The van der Waals surface area contributed by atoms with Crippen LogP contribution in [0.3, 0.4) is 0 Å². The van der Waals surface area contributed by atoms with Gasteiger partial charge >= 0.3 is 0 Å². The minimum atomic E-state index is -4.15. The maximum Gasteiger partial charge on any atom is 0.253 e. The number of hydrogen-bond acceptors (Lipinski definition) is 6. The molecule has 3 aromatic rings. The average Bonchev–Trinajstić information content (AvgIpc) is 2.96. The minimum absolute atomic E-state index is 0.0125. The number of sulfonamides is 2. The second-order valence-corrected chi connectivity index (χ2v) is 12.7. The molecule has 1 aliphatic rings. The van der Waals surface area contributed by atoms with Crippen molar-refractivity contribution in [3.05, 3.63) is 90.5 Å². The third-order valence-corrected chi connectivity index (χ3v) is 10.1. The number of rotatable bonds is 9. The van der Waals surface area contributed by atoms with Crippen molar-refractivity contribution in [2.75, 3.05) is 31.5 Å². The molecule has 1 aliphatic heterocycles. The van der Waals surface area contributed by atoms with E-state index in [9.17, 15) is 26.4 Å². The third-order valence-electron chi connectivity index (χ3n) is 6.29. The highest BCUT2D eigenvalue weighted by Gasteiger charge is 2.43. The summed E-state index contributed by atoms with van der Waals surface area (Å²) in [5, 5.41) is 5.43. The molecule has 3 aromatic carbocycles. The van der Waals surface area contributed by atoms with Gasteiger partial charge in [0.15, 0.2) is 0 Å². The van der Waals surface area contributed by atoms with Gasteiger partial charge in [-0.15, -0.1) is 0 Å². The molecule has 0 aliphatic carbocycles. The fraction of sp³-hybridized carbons (Fsp3) is 0.259. The summed E-state index contributed by atoms with van der Waals surface area (Å²) in [5.41, 5.74) is 0.401. The lowest BCUT2D eigenvalue weighted by molar-refractivity contribution is -0.120. The smallest absolute Gasteiger partial charge is 0.253 e. The Balaban J connectivity index is 1.69. The molecule has 12 heteroatoms.